The fourth-order valence-corrected chi connectivity index (χ4v) is 3.96. The molecule has 0 aliphatic carbocycles. The second-order valence-corrected chi connectivity index (χ2v) is 7.43. The largest absolute Gasteiger partial charge is 0.495 e. The number of thiocarbonyl (C=S) groups is 1. The standard InChI is InChI=1S/C19H13ClN2O3S2/c1-24-16-7-4-13(11-15(16)20)22-18(23)17(27-19(22)26)10-12-2-5-14(6-3-12)25-9-8-21/h2-7,10-11H,9H2,1H3/b17-10-. The Labute approximate surface area is 171 Å². The van der Waals surface area contributed by atoms with Crippen molar-refractivity contribution >= 4 is 57.6 Å². The number of rotatable bonds is 5. The van der Waals surface area contributed by atoms with E-state index < -0.39 is 0 Å². The number of hydrogen-bond acceptors (Lipinski definition) is 6. The van der Waals surface area contributed by atoms with Gasteiger partial charge in [0.1, 0.15) is 17.6 Å². The minimum atomic E-state index is -0.212. The summed E-state index contributed by atoms with van der Waals surface area (Å²) < 4.78 is 10.8. The van der Waals surface area contributed by atoms with Crippen LogP contribution in [0.5, 0.6) is 11.5 Å². The Morgan fingerprint density at radius 3 is 2.67 bits per heavy atom. The number of ether oxygens (including phenoxy) is 2. The van der Waals surface area contributed by atoms with Gasteiger partial charge in [-0.15, -0.1) is 0 Å². The highest BCUT2D eigenvalue weighted by Gasteiger charge is 2.33. The van der Waals surface area contributed by atoms with E-state index in [1.54, 1.807) is 36.4 Å². The normalized spacial score (nSPS) is 15.1. The van der Waals surface area contributed by atoms with E-state index in [1.165, 1.54) is 23.8 Å². The van der Waals surface area contributed by atoms with Gasteiger partial charge in [-0.05, 0) is 42.0 Å². The molecule has 0 aromatic heterocycles. The smallest absolute Gasteiger partial charge is 0.270 e. The molecule has 2 aromatic rings. The van der Waals surface area contributed by atoms with E-state index in [0.29, 0.717) is 31.4 Å². The first-order valence-corrected chi connectivity index (χ1v) is 9.35. The van der Waals surface area contributed by atoms with Crippen LogP contribution in [0, 0.1) is 11.3 Å². The van der Waals surface area contributed by atoms with Crippen molar-refractivity contribution in [1.29, 1.82) is 5.26 Å². The number of methoxy groups -OCH3 is 1. The minimum Gasteiger partial charge on any atom is -0.495 e. The molecule has 1 aliphatic rings. The molecule has 0 unspecified atom stereocenters. The lowest BCUT2D eigenvalue weighted by molar-refractivity contribution is -0.113. The summed E-state index contributed by atoms with van der Waals surface area (Å²) in [5.74, 6) is 0.908. The van der Waals surface area contributed by atoms with Gasteiger partial charge in [-0.25, -0.2) is 0 Å². The fraction of sp³-hybridized carbons (Fsp3) is 0.105. The molecule has 8 heteroatoms. The number of amides is 1. The molecule has 0 spiro atoms. The fourth-order valence-electron chi connectivity index (χ4n) is 2.41. The zero-order valence-electron chi connectivity index (χ0n) is 14.1. The first-order chi connectivity index (χ1) is 13.0. The summed E-state index contributed by atoms with van der Waals surface area (Å²) in [5.41, 5.74) is 1.42. The van der Waals surface area contributed by atoms with Crippen LogP contribution in [0.1, 0.15) is 5.56 Å². The van der Waals surface area contributed by atoms with E-state index in [9.17, 15) is 4.79 Å². The van der Waals surface area contributed by atoms with E-state index in [0.717, 1.165) is 5.56 Å². The monoisotopic (exact) mass is 416 g/mol. The molecule has 2 aromatic carbocycles. The van der Waals surface area contributed by atoms with Crippen molar-refractivity contribution in [3.8, 4) is 17.6 Å². The highest BCUT2D eigenvalue weighted by Crippen LogP contribution is 2.38. The third kappa shape index (κ3) is 4.25. The van der Waals surface area contributed by atoms with Crippen molar-refractivity contribution in [2.45, 2.75) is 0 Å². The van der Waals surface area contributed by atoms with Crippen molar-refractivity contribution in [2.24, 2.45) is 0 Å². The summed E-state index contributed by atoms with van der Waals surface area (Å²) in [6, 6.07) is 14.1. The number of anilines is 1. The summed E-state index contributed by atoms with van der Waals surface area (Å²) in [5, 5.41) is 8.94. The zero-order valence-corrected chi connectivity index (χ0v) is 16.5. The topological polar surface area (TPSA) is 62.6 Å². The lowest BCUT2D eigenvalue weighted by atomic mass is 10.2. The number of hydrogen-bond donors (Lipinski definition) is 0. The van der Waals surface area contributed by atoms with Gasteiger partial charge < -0.3 is 9.47 Å². The summed E-state index contributed by atoms with van der Waals surface area (Å²) in [4.78, 5) is 14.8. The minimum absolute atomic E-state index is 0.0115. The van der Waals surface area contributed by atoms with Gasteiger partial charge in [0.25, 0.3) is 5.91 Å². The Morgan fingerprint density at radius 1 is 1.30 bits per heavy atom. The first kappa shape index (κ1) is 19.2. The van der Waals surface area contributed by atoms with Crippen LogP contribution in [-0.2, 0) is 4.79 Å². The third-order valence-electron chi connectivity index (χ3n) is 3.67. The number of nitrogens with zero attached hydrogens (tertiary/aromatic N) is 2. The Balaban J connectivity index is 1.82. The molecule has 1 saturated heterocycles. The lowest BCUT2D eigenvalue weighted by Crippen LogP contribution is -2.27. The number of thioether (sulfide) groups is 1. The molecule has 0 N–H and O–H groups in total. The van der Waals surface area contributed by atoms with Crippen molar-refractivity contribution in [3.05, 3.63) is 58.0 Å². The van der Waals surface area contributed by atoms with Crippen LogP contribution in [-0.4, -0.2) is 23.9 Å². The molecule has 5 nitrogen and oxygen atoms in total. The molecule has 1 fully saturated rings. The molecular weight excluding hydrogens is 404 g/mol. The number of carbonyl (C=O) groups excluding carboxylic acids is 1. The second-order valence-electron chi connectivity index (χ2n) is 5.35. The Kier molecular flexibility index (Phi) is 6.01. The molecule has 136 valence electrons. The number of nitriles is 1. The third-order valence-corrected chi connectivity index (χ3v) is 5.27. The van der Waals surface area contributed by atoms with Gasteiger partial charge in [0, 0.05) is 0 Å². The molecule has 0 saturated carbocycles. The predicted molar refractivity (Wildman–Crippen MR) is 111 cm³/mol. The summed E-state index contributed by atoms with van der Waals surface area (Å²) in [6.45, 7) is -0.0115. The van der Waals surface area contributed by atoms with E-state index in [-0.39, 0.29) is 12.5 Å². The van der Waals surface area contributed by atoms with Gasteiger partial charge in [-0.3, -0.25) is 9.69 Å². The molecule has 0 radical (unpaired) electrons. The molecule has 1 amide bonds. The molecule has 3 rings (SSSR count). The summed E-state index contributed by atoms with van der Waals surface area (Å²) in [7, 11) is 1.53. The molecular formula is C19H13ClN2O3S2. The Hall–Kier alpha value is -2.53. The van der Waals surface area contributed by atoms with Gasteiger partial charge in [-0.2, -0.15) is 5.26 Å². The van der Waals surface area contributed by atoms with Crippen molar-refractivity contribution in [2.75, 3.05) is 18.6 Å². The quantitative estimate of drug-likeness (QED) is 0.522. The van der Waals surface area contributed by atoms with Gasteiger partial charge in [0.05, 0.1) is 22.7 Å². The number of carbonyl (C=O) groups is 1. The van der Waals surface area contributed by atoms with E-state index in [2.05, 4.69) is 0 Å². The van der Waals surface area contributed by atoms with Gasteiger partial charge in [0.2, 0.25) is 0 Å². The SMILES string of the molecule is COc1ccc(N2C(=O)/C(=C/c3ccc(OCC#N)cc3)SC2=S)cc1Cl. The maximum Gasteiger partial charge on any atom is 0.270 e. The van der Waals surface area contributed by atoms with Crippen LogP contribution in [0.15, 0.2) is 47.4 Å². The van der Waals surface area contributed by atoms with Crippen LogP contribution < -0.4 is 14.4 Å². The van der Waals surface area contributed by atoms with Gasteiger partial charge >= 0.3 is 0 Å². The Bertz CT molecular complexity index is 968. The summed E-state index contributed by atoms with van der Waals surface area (Å²) in [6.07, 6.45) is 1.76. The average Bonchev–Trinajstić information content (AvgIpc) is 2.94. The summed E-state index contributed by atoms with van der Waals surface area (Å²) >= 11 is 12.8. The van der Waals surface area contributed by atoms with Crippen LogP contribution >= 0.6 is 35.6 Å². The molecule has 1 heterocycles. The number of halogens is 1. The van der Waals surface area contributed by atoms with E-state index in [1.807, 2.05) is 18.2 Å². The molecule has 27 heavy (non-hydrogen) atoms. The van der Waals surface area contributed by atoms with Gasteiger partial charge in [0.15, 0.2) is 10.9 Å². The molecule has 0 atom stereocenters. The first-order valence-electron chi connectivity index (χ1n) is 7.75. The van der Waals surface area contributed by atoms with Crippen LogP contribution in [0.25, 0.3) is 6.08 Å². The molecule has 0 bridgehead atoms. The van der Waals surface area contributed by atoms with Crippen LogP contribution in [0.3, 0.4) is 0 Å². The second kappa shape index (κ2) is 8.44. The van der Waals surface area contributed by atoms with Crippen molar-refractivity contribution in [3.63, 3.8) is 0 Å². The van der Waals surface area contributed by atoms with Crippen molar-refractivity contribution < 1.29 is 14.3 Å². The van der Waals surface area contributed by atoms with Crippen molar-refractivity contribution in [1.82, 2.24) is 0 Å². The molecule has 1 aliphatic heterocycles. The lowest BCUT2D eigenvalue weighted by Gasteiger charge is -2.15. The highest BCUT2D eigenvalue weighted by molar-refractivity contribution is 8.27. The maximum absolute atomic E-state index is 12.8. The number of benzene rings is 2. The van der Waals surface area contributed by atoms with Crippen LogP contribution in [0.2, 0.25) is 5.02 Å². The van der Waals surface area contributed by atoms with E-state index in [4.69, 9.17) is 38.6 Å². The zero-order chi connectivity index (χ0) is 19.4. The highest BCUT2D eigenvalue weighted by atomic mass is 35.5. The van der Waals surface area contributed by atoms with E-state index >= 15 is 0 Å². The van der Waals surface area contributed by atoms with Gasteiger partial charge in [-0.1, -0.05) is 47.7 Å². The average molecular weight is 417 g/mol. The maximum atomic E-state index is 12.8. The Morgan fingerprint density at radius 2 is 2.04 bits per heavy atom. The van der Waals surface area contributed by atoms with Crippen LogP contribution in [0.4, 0.5) is 5.69 Å². The predicted octanol–water partition coefficient (Wildman–Crippen LogP) is 4.66.